The summed E-state index contributed by atoms with van der Waals surface area (Å²) in [6.07, 6.45) is 3.45. The van der Waals surface area contributed by atoms with Gasteiger partial charge in [-0.1, -0.05) is 0 Å². The molecule has 8 heteroatoms. The third kappa shape index (κ3) is 4.20. The molecule has 7 nitrogen and oxygen atoms in total. The number of carbonyl (C=O) groups excluding carboxylic acids is 1. The Labute approximate surface area is 155 Å². The van der Waals surface area contributed by atoms with E-state index in [-0.39, 0.29) is 6.61 Å². The number of imidazole rings is 1. The molecule has 136 valence electrons. The number of thiazole rings is 1. The van der Waals surface area contributed by atoms with Gasteiger partial charge in [0.15, 0.2) is 11.5 Å². The van der Waals surface area contributed by atoms with E-state index < -0.39 is 5.97 Å². The minimum atomic E-state index is -0.451. The van der Waals surface area contributed by atoms with Gasteiger partial charge in [-0.3, -0.25) is 0 Å². The normalized spacial score (nSPS) is 10.6. The van der Waals surface area contributed by atoms with Gasteiger partial charge >= 0.3 is 5.97 Å². The fourth-order valence-corrected chi connectivity index (χ4v) is 2.89. The minimum Gasteiger partial charge on any atom is -0.493 e. The maximum Gasteiger partial charge on any atom is 0.338 e. The van der Waals surface area contributed by atoms with Gasteiger partial charge in [-0.25, -0.2) is 14.8 Å². The van der Waals surface area contributed by atoms with Gasteiger partial charge in [0.1, 0.15) is 19.0 Å². The number of aryl methyl sites for hydroxylation is 2. The summed E-state index contributed by atoms with van der Waals surface area (Å²) >= 11 is 1.57. The molecule has 0 fully saturated rings. The number of methoxy groups -OCH3 is 1. The van der Waals surface area contributed by atoms with Crippen LogP contribution in [-0.2, 0) is 25.0 Å². The molecule has 26 heavy (non-hydrogen) atoms. The second-order valence-corrected chi connectivity index (χ2v) is 6.60. The van der Waals surface area contributed by atoms with Gasteiger partial charge in [0.05, 0.1) is 23.4 Å². The van der Waals surface area contributed by atoms with Crippen LogP contribution in [0.25, 0.3) is 0 Å². The number of carbonyl (C=O) groups is 1. The third-order valence-electron chi connectivity index (χ3n) is 3.69. The molecule has 2 aromatic heterocycles. The van der Waals surface area contributed by atoms with Crippen LogP contribution in [0.15, 0.2) is 36.0 Å². The van der Waals surface area contributed by atoms with E-state index in [4.69, 9.17) is 14.2 Å². The summed E-state index contributed by atoms with van der Waals surface area (Å²) in [7, 11) is 3.37. The second-order valence-electron chi connectivity index (χ2n) is 5.54. The number of hydrogen-bond acceptors (Lipinski definition) is 7. The number of ether oxygens (including phenoxy) is 3. The number of hydrogen-bond donors (Lipinski definition) is 0. The molecule has 0 amide bonds. The van der Waals surface area contributed by atoms with Crippen LogP contribution >= 0.6 is 11.3 Å². The molecule has 0 aliphatic rings. The molecule has 0 saturated carbocycles. The number of aromatic nitrogens is 3. The van der Waals surface area contributed by atoms with E-state index in [1.54, 1.807) is 46.5 Å². The van der Waals surface area contributed by atoms with Crippen LogP contribution < -0.4 is 9.47 Å². The van der Waals surface area contributed by atoms with Crippen LogP contribution in [0.2, 0.25) is 0 Å². The van der Waals surface area contributed by atoms with Gasteiger partial charge in [0.25, 0.3) is 0 Å². The van der Waals surface area contributed by atoms with E-state index in [1.165, 1.54) is 7.11 Å². The van der Waals surface area contributed by atoms with Crippen molar-refractivity contribution in [2.24, 2.45) is 7.05 Å². The highest BCUT2D eigenvalue weighted by molar-refractivity contribution is 7.09. The Morgan fingerprint density at radius 3 is 2.77 bits per heavy atom. The summed E-state index contributed by atoms with van der Waals surface area (Å²) in [6, 6.07) is 4.93. The van der Waals surface area contributed by atoms with Gasteiger partial charge in [-0.15, -0.1) is 11.3 Å². The molecular formula is C18H19N3O4S. The fourth-order valence-electron chi connectivity index (χ4n) is 2.29. The molecule has 0 N–H and O–H groups in total. The molecule has 1 aromatic carbocycles. The zero-order chi connectivity index (χ0) is 18.5. The highest BCUT2D eigenvalue weighted by Gasteiger charge is 2.14. The first kappa shape index (κ1) is 17.9. The first-order valence-corrected chi connectivity index (χ1v) is 8.80. The molecule has 0 unspecified atom stereocenters. The number of nitrogens with zero attached hydrogens (tertiary/aromatic N) is 3. The van der Waals surface area contributed by atoms with Crippen molar-refractivity contribution in [1.29, 1.82) is 0 Å². The Kier molecular flexibility index (Phi) is 5.52. The molecule has 0 atom stereocenters. The van der Waals surface area contributed by atoms with Gasteiger partial charge in [0.2, 0.25) is 0 Å². The van der Waals surface area contributed by atoms with Crippen LogP contribution in [0.1, 0.15) is 26.9 Å². The van der Waals surface area contributed by atoms with E-state index in [2.05, 4.69) is 9.97 Å². The summed E-state index contributed by atoms with van der Waals surface area (Å²) < 4.78 is 18.2. The second kappa shape index (κ2) is 8.01. The molecule has 0 aliphatic heterocycles. The topological polar surface area (TPSA) is 75.5 Å². The molecule has 2 heterocycles. The summed E-state index contributed by atoms with van der Waals surface area (Å²) in [6.45, 7) is 2.38. The number of benzene rings is 1. The van der Waals surface area contributed by atoms with E-state index in [0.717, 1.165) is 10.7 Å². The average Bonchev–Trinajstić information content (AvgIpc) is 3.25. The van der Waals surface area contributed by atoms with Crippen LogP contribution in [0.3, 0.4) is 0 Å². The molecule has 0 aliphatic carbocycles. The molecule has 3 rings (SSSR count). The summed E-state index contributed by atoms with van der Waals surface area (Å²) in [5, 5.41) is 2.94. The lowest BCUT2D eigenvalue weighted by molar-refractivity contribution is 0.0459. The van der Waals surface area contributed by atoms with E-state index >= 15 is 0 Å². The smallest absolute Gasteiger partial charge is 0.338 e. The third-order valence-corrected chi connectivity index (χ3v) is 4.52. The maximum atomic E-state index is 12.2. The van der Waals surface area contributed by atoms with Crippen molar-refractivity contribution in [2.45, 2.75) is 20.1 Å². The van der Waals surface area contributed by atoms with Crippen molar-refractivity contribution >= 4 is 17.3 Å². The summed E-state index contributed by atoms with van der Waals surface area (Å²) in [4.78, 5) is 20.7. The van der Waals surface area contributed by atoms with Crippen molar-refractivity contribution in [3.05, 3.63) is 58.1 Å². The van der Waals surface area contributed by atoms with E-state index in [9.17, 15) is 4.79 Å². The maximum absolute atomic E-state index is 12.2. The van der Waals surface area contributed by atoms with Crippen molar-refractivity contribution < 1.29 is 19.0 Å². The zero-order valence-corrected chi connectivity index (χ0v) is 15.6. The predicted octanol–water partition coefficient (Wildman–Crippen LogP) is 3.13. The van der Waals surface area contributed by atoms with Crippen molar-refractivity contribution in [1.82, 2.24) is 14.5 Å². The lowest BCUT2D eigenvalue weighted by Gasteiger charge is -2.11. The SMILES string of the molecule is COc1cc(C(=O)OCc2nccn2C)ccc1OCc1csc(C)n1. The minimum absolute atomic E-state index is 0.103. The highest BCUT2D eigenvalue weighted by Crippen LogP contribution is 2.29. The molecular weight excluding hydrogens is 354 g/mol. The van der Waals surface area contributed by atoms with Gasteiger partial charge in [-0.2, -0.15) is 0 Å². The standard InChI is InChI=1S/C18H19N3O4S/c1-12-20-14(11-26-12)9-24-15-5-4-13(8-16(15)23-3)18(22)25-10-17-19-6-7-21(17)2/h4-8,11H,9-10H2,1-3H3. The molecule has 0 saturated heterocycles. The molecule has 0 spiro atoms. The summed E-state index contributed by atoms with van der Waals surface area (Å²) in [5.41, 5.74) is 1.24. The van der Waals surface area contributed by atoms with Crippen molar-refractivity contribution in [2.75, 3.05) is 7.11 Å². The van der Waals surface area contributed by atoms with E-state index in [1.807, 2.05) is 19.4 Å². The zero-order valence-electron chi connectivity index (χ0n) is 14.8. The molecule has 0 bridgehead atoms. The van der Waals surface area contributed by atoms with Gasteiger partial charge in [0, 0.05) is 24.8 Å². The Morgan fingerprint density at radius 2 is 2.12 bits per heavy atom. The number of rotatable bonds is 7. The Morgan fingerprint density at radius 1 is 1.27 bits per heavy atom. The van der Waals surface area contributed by atoms with Gasteiger partial charge in [-0.05, 0) is 25.1 Å². The van der Waals surface area contributed by atoms with Gasteiger partial charge < -0.3 is 18.8 Å². The van der Waals surface area contributed by atoms with Crippen LogP contribution in [-0.4, -0.2) is 27.6 Å². The van der Waals surface area contributed by atoms with Crippen LogP contribution in [0.5, 0.6) is 11.5 Å². The quantitative estimate of drug-likeness (QED) is 0.592. The van der Waals surface area contributed by atoms with Crippen molar-refractivity contribution in [3.63, 3.8) is 0 Å². The van der Waals surface area contributed by atoms with E-state index in [0.29, 0.717) is 29.5 Å². The Hall–Kier alpha value is -2.87. The first-order chi connectivity index (χ1) is 12.6. The lowest BCUT2D eigenvalue weighted by Crippen LogP contribution is -2.09. The van der Waals surface area contributed by atoms with Crippen LogP contribution in [0.4, 0.5) is 0 Å². The first-order valence-electron chi connectivity index (χ1n) is 7.92. The molecule has 3 aromatic rings. The molecule has 0 radical (unpaired) electrons. The Balaban J connectivity index is 1.65. The predicted molar refractivity (Wildman–Crippen MR) is 96.5 cm³/mol. The highest BCUT2D eigenvalue weighted by atomic mass is 32.1. The van der Waals surface area contributed by atoms with Crippen molar-refractivity contribution in [3.8, 4) is 11.5 Å². The summed E-state index contributed by atoms with van der Waals surface area (Å²) in [5.74, 6) is 1.22. The largest absolute Gasteiger partial charge is 0.493 e. The monoisotopic (exact) mass is 373 g/mol. The number of esters is 1. The van der Waals surface area contributed by atoms with Crippen LogP contribution in [0, 0.1) is 6.92 Å². The average molecular weight is 373 g/mol. The lowest BCUT2D eigenvalue weighted by atomic mass is 10.2. The fraction of sp³-hybridized carbons (Fsp3) is 0.278. The Bertz CT molecular complexity index is 903.